The Labute approximate surface area is 204 Å². The lowest BCUT2D eigenvalue weighted by Gasteiger charge is -2.37. The van der Waals surface area contributed by atoms with Gasteiger partial charge in [-0.25, -0.2) is 8.78 Å². The monoisotopic (exact) mass is 492 g/mol. The number of aromatic nitrogens is 1. The molecule has 1 aliphatic heterocycles. The topological polar surface area (TPSA) is 62.7 Å². The summed E-state index contributed by atoms with van der Waals surface area (Å²) in [5.74, 6) is -0.586. The van der Waals surface area contributed by atoms with Gasteiger partial charge >= 0.3 is 5.97 Å². The van der Waals surface area contributed by atoms with Gasteiger partial charge in [0.05, 0.1) is 24.7 Å². The number of halogens is 2. The summed E-state index contributed by atoms with van der Waals surface area (Å²) in [6, 6.07) is 5.00. The van der Waals surface area contributed by atoms with Crippen LogP contribution in [-0.2, 0) is 4.79 Å². The van der Waals surface area contributed by atoms with E-state index >= 15 is 4.39 Å². The highest BCUT2D eigenvalue weighted by Gasteiger charge is 2.35. The van der Waals surface area contributed by atoms with Crippen molar-refractivity contribution in [3.05, 3.63) is 35.8 Å². The van der Waals surface area contributed by atoms with E-state index in [9.17, 15) is 14.3 Å². The number of aliphatic carboxylic acids is 1. The molecular weight excluding hydrogens is 458 g/mol. The Morgan fingerprint density at radius 3 is 2.85 bits per heavy atom. The number of ether oxygens (including phenoxy) is 1. The van der Waals surface area contributed by atoms with Crippen LogP contribution in [0.2, 0.25) is 0 Å². The molecule has 1 saturated heterocycles. The molecule has 0 spiro atoms. The van der Waals surface area contributed by atoms with Gasteiger partial charge in [0, 0.05) is 35.0 Å². The highest BCUT2D eigenvalue weighted by molar-refractivity contribution is 7.99. The molecule has 5 nitrogen and oxygen atoms in total. The Morgan fingerprint density at radius 2 is 2.12 bits per heavy atom. The van der Waals surface area contributed by atoms with Crippen LogP contribution in [0.1, 0.15) is 56.7 Å². The zero-order valence-electron chi connectivity index (χ0n) is 19.7. The van der Waals surface area contributed by atoms with E-state index in [-0.39, 0.29) is 17.9 Å². The average Bonchev–Trinajstić information content (AvgIpc) is 3.36. The Balaban J connectivity index is 1.36. The molecule has 1 saturated carbocycles. The van der Waals surface area contributed by atoms with Gasteiger partial charge in [-0.3, -0.25) is 9.78 Å². The SMILES string of the molecule is COc1ccc2ncc(F)c([C@H](F)CCC3CCN(CCSC4CCCC4)CC3C(=O)O)c2c1. The molecule has 4 rings (SSSR count). The predicted octanol–water partition coefficient (Wildman–Crippen LogP) is 5.87. The van der Waals surface area contributed by atoms with E-state index < -0.39 is 23.9 Å². The van der Waals surface area contributed by atoms with Crippen molar-refractivity contribution in [1.29, 1.82) is 0 Å². The highest BCUT2D eigenvalue weighted by Crippen LogP contribution is 2.37. The van der Waals surface area contributed by atoms with Gasteiger partial charge < -0.3 is 14.7 Å². The lowest BCUT2D eigenvalue weighted by atomic mass is 9.81. The number of carboxylic acid groups (broad SMARTS) is 1. The molecule has 1 aromatic carbocycles. The molecule has 2 aliphatic rings. The van der Waals surface area contributed by atoms with Gasteiger partial charge in [-0.05, 0) is 62.8 Å². The zero-order valence-corrected chi connectivity index (χ0v) is 20.5. The van der Waals surface area contributed by atoms with Crippen molar-refractivity contribution in [2.24, 2.45) is 11.8 Å². The number of alkyl halides is 1. The van der Waals surface area contributed by atoms with Crippen LogP contribution in [-0.4, -0.2) is 58.7 Å². The largest absolute Gasteiger partial charge is 0.497 e. The zero-order chi connectivity index (χ0) is 24.1. The van der Waals surface area contributed by atoms with Crippen LogP contribution in [0.4, 0.5) is 8.78 Å². The second-order valence-electron chi connectivity index (χ2n) is 9.52. The normalized spacial score (nSPS) is 22.8. The molecule has 2 unspecified atom stereocenters. The van der Waals surface area contributed by atoms with E-state index in [0.29, 0.717) is 29.6 Å². The molecule has 2 fully saturated rings. The quantitative estimate of drug-likeness (QED) is 0.447. The smallest absolute Gasteiger partial charge is 0.308 e. The fourth-order valence-corrected chi connectivity index (χ4v) is 6.78. The van der Waals surface area contributed by atoms with E-state index in [1.165, 1.54) is 32.8 Å². The van der Waals surface area contributed by atoms with Crippen molar-refractivity contribution in [2.45, 2.75) is 56.4 Å². The number of pyridine rings is 1. The summed E-state index contributed by atoms with van der Waals surface area (Å²) >= 11 is 2.02. The fourth-order valence-electron chi connectivity index (χ4n) is 5.42. The number of fused-ring (bicyclic) bond motifs is 1. The molecule has 34 heavy (non-hydrogen) atoms. The maximum Gasteiger partial charge on any atom is 0.308 e. The van der Waals surface area contributed by atoms with Gasteiger partial charge in [0.15, 0.2) is 0 Å². The maximum absolute atomic E-state index is 15.4. The minimum atomic E-state index is -1.53. The summed E-state index contributed by atoms with van der Waals surface area (Å²) in [5, 5.41) is 11.0. The molecular formula is C26H34F2N2O3S. The van der Waals surface area contributed by atoms with Crippen LogP contribution in [0.25, 0.3) is 10.9 Å². The van der Waals surface area contributed by atoms with Crippen LogP contribution < -0.4 is 4.74 Å². The Morgan fingerprint density at radius 1 is 1.32 bits per heavy atom. The number of likely N-dealkylation sites (tertiary alicyclic amines) is 1. The van der Waals surface area contributed by atoms with Crippen LogP contribution in [0.5, 0.6) is 5.75 Å². The third-order valence-corrected chi connectivity index (χ3v) is 8.75. The number of benzene rings is 1. The van der Waals surface area contributed by atoms with Gasteiger partial charge in [-0.15, -0.1) is 0 Å². The van der Waals surface area contributed by atoms with E-state index in [1.807, 2.05) is 11.8 Å². The van der Waals surface area contributed by atoms with Crippen molar-refractivity contribution in [1.82, 2.24) is 9.88 Å². The number of hydrogen-bond donors (Lipinski definition) is 1. The van der Waals surface area contributed by atoms with E-state index in [1.54, 1.807) is 18.2 Å². The first-order chi connectivity index (χ1) is 16.5. The van der Waals surface area contributed by atoms with E-state index in [0.717, 1.165) is 36.7 Å². The van der Waals surface area contributed by atoms with Gasteiger partial charge in [0.2, 0.25) is 0 Å². The maximum atomic E-state index is 15.4. The van der Waals surface area contributed by atoms with Gasteiger partial charge in [-0.1, -0.05) is 12.8 Å². The standard InChI is InChI=1S/C26H34F2N2O3S/c1-33-18-7-9-24-20(14-18)25(23(28)15-29-24)22(27)8-6-17-10-11-30(16-21(17)26(31)32)12-13-34-19-4-2-3-5-19/h7,9,14-15,17,19,21-22H,2-6,8,10-13,16H2,1H3,(H,31,32)/t17?,21?,22-/m1/s1. The number of piperidine rings is 1. The number of carboxylic acids is 1. The number of rotatable bonds is 10. The predicted molar refractivity (Wildman–Crippen MR) is 132 cm³/mol. The fraction of sp³-hybridized carbons (Fsp3) is 0.615. The molecule has 1 N–H and O–H groups in total. The summed E-state index contributed by atoms with van der Waals surface area (Å²) in [5.41, 5.74) is 0.490. The van der Waals surface area contributed by atoms with E-state index in [2.05, 4.69) is 9.88 Å². The first-order valence-corrected chi connectivity index (χ1v) is 13.3. The summed E-state index contributed by atoms with van der Waals surface area (Å²) in [4.78, 5) is 18.3. The van der Waals surface area contributed by atoms with Crippen LogP contribution in [0.15, 0.2) is 24.4 Å². The molecule has 0 bridgehead atoms. The third kappa shape index (κ3) is 6.00. The van der Waals surface area contributed by atoms with Crippen molar-refractivity contribution in [3.8, 4) is 5.75 Å². The first kappa shape index (κ1) is 25.2. The van der Waals surface area contributed by atoms with Crippen molar-refractivity contribution in [2.75, 3.05) is 32.5 Å². The van der Waals surface area contributed by atoms with Crippen molar-refractivity contribution < 1.29 is 23.4 Å². The minimum Gasteiger partial charge on any atom is -0.497 e. The summed E-state index contributed by atoms with van der Waals surface area (Å²) in [7, 11) is 1.51. The molecule has 1 aliphatic carbocycles. The summed E-state index contributed by atoms with van der Waals surface area (Å²) in [6.45, 7) is 2.24. The number of carbonyl (C=O) groups is 1. The molecule has 186 valence electrons. The molecule has 2 heterocycles. The minimum absolute atomic E-state index is 0.0165. The molecule has 2 aromatic rings. The third-order valence-electron chi connectivity index (χ3n) is 7.39. The van der Waals surface area contributed by atoms with Crippen molar-refractivity contribution >= 4 is 28.6 Å². The molecule has 3 atom stereocenters. The second-order valence-corrected chi connectivity index (χ2v) is 10.9. The van der Waals surface area contributed by atoms with Crippen LogP contribution >= 0.6 is 11.8 Å². The lowest BCUT2D eigenvalue weighted by Crippen LogP contribution is -2.44. The molecule has 8 heteroatoms. The Bertz CT molecular complexity index is 986. The first-order valence-electron chi connectivity index (χ1n) is 12.3. The number of methoxy groups -OCH3 is 1. The average molecular weight is 493 g/mol. The Hall–Kier alpha value is -1.93. The molecule has 1 aromatic heterocycles. The van der Waals surface area contributed by atoms with Gasteiger partial charge in [-0.2, -0.15) is 11.8 Å². The van der Waals surface area contributed by atoms with Crippen LogP contribution in [0.3, 0.4) is 0 Å². The van der Waals surface area contributed by atoms with Gasteiger partial charge in [0.25, 0.3) is 0 Å². The number of hydrogen-bond acceptors (Lipinski definition) is 5. The Kier molecular flexibility index (Phi) is 8.64. The summed E-state index contributed by atoms with van der Waals surface area (Å²) < 4.78 is 35.2. The number of thioether (sulfide) groups is 1. The lowest BCUT2D eigenvalue weighted by molar-refractivity contribution is -0.146. The highest BCUT2D eigenvalue weighted by atomic mass is 32.2. The van der Waals surface area contributed by atoms with Crippen molar-refractivity contribution in [3.63, 3.8) is 0 Å². The number of nitrogens with zero attached hydrogens (tertiary/aromatic N) is 2. The molecule has 0 amide bonds. The second kappa shape index (κ2) is 11.7. The molecule has 0 radical (unpaired) electrons. The summed E-state index contributed by atoms with van der Waals surface area (Å²) in [6.07, 6.45) is 6.00. The van der Waals surface area contributed by atoms with E-state index in [4.69, 9.17) is 4.74 Å². The van der Waals surface area contributed by atoms with Crippen LogP contribution in [0, 0.1) is 17.7 Å². The van der Waals surface area contributed by atoms with Gasteiger partial charge in [0.1, 0.15) is 17.7 Å².